The average molecular weight is 372 g/mol. The van der Waals surface area contributed by atoms with Crippen LogP contribution >= 0.6 is 0 Å². The number of hydrogen-bond donors (Lipinski definition) is 1. The lowest BCUT2D eigenvalue weighted by molar-refractivity contribution is -0.139. The first-order valence-electron chi connectivity index (χ1n) is 10.2. The Morgan fingerprint density at radius 1 is 1.00 bits per heavy atom. The SMILES string of the molecule is CCCCOc1ccc(NC(=O)[C@@](C)(CCCC)OCC)c2ccccc12. The van der Waals surface area contributed by atoms with Crippen molar-refractivity contribution < 1.29 is 14.3 Å². The molecule has 1 atom stereocenters. The Morgan fingerprint density at radius 2 is 1.70 bits per heavy atom. The van der Waals surface area contributed by atoms with Crippen LogP contribution in [0.25, 0.3) is 10.8 Å². The summed E-state index contributed by atoms with van der Waals surface area (Å²) in [6, 6.07) is 11.9. The number of nitrogens with one attached hydrogen (secondary N) is 1. The molecule has 148 valence electrons. The van der Waals surface area contributed by atoms with E-state index in [1.54, 1.807) is 0 Å². The molecule has 0 aromatic heterocycles. The maximum Gasteiger partial charge on any atom is 0.256 e. The minimum absolute atomic E-state index is 0.0948. The number of amides is 1. The van der Waals surface area contributed by atoms with Gasteiger partial charge in [-0.25, -0.2) is 0 Å². The molecular weight excluding hydrogens is 338 g/mol. The van der Waals surface area contributed by atoms with E-state index in [1.165, 1.54) is 0 Å². The molecule has 4 nitrogen and oxygen atoms in total. The first-order chi connectivity index (χ1) is 13.1. The van der Waals surface area contributed by atoms with Crippen molar-refractivity contribution in [2.24, 2.45) is 0 Å². The Balaban J connectivity index is 2.27. The predicted molar refractivity (Wildman–Crippen MR) is 113 cm³/mol. The number of ether oxygens (including phenoxy) is 2. The Hall–Kier alpha value is -2.07. The third-order valence-electron chi connectivity index (χ3n) is 4.84. The van der Waals surface area contributed by atoms with Crippen LogP contribution in [0.15, 0.2) is 36.4 Å². The van der Waals surface area contributed by atoms with Gasteiger partial charge in [0.15, 0.2) is 0 Å². The van der Waals surface area contributed by atoms with E-state index in [1.807, 2.05) is 50.2 Å². The monoisotopic (exact) mass is 371 g/mol. The van der Waals surface area contributed by atoms with Crippen LogP contribution in [-0.4, -0.2) is 24.7 Å². The molecule has 0 radical (unpaired) electrons. The second-order valence-corrected chi connectivity index (χ2v) is 7.08. The second-order valence-electron chi connectivity index (χ2n) is 7.08. The van der Waals surface area contributed by atoms with Gasteiger partial charge in [0, 0.05) is 23.1 Å². The summed E-state index contributed by atoms with van der Waals surface area (Å²) in [6.45, 7) is 9.29. The smallest absolute Gasteiger partial charge is 0.256 e. The fraction of sp³-hybridized carbons (Fsp3) is 0.522. The molecule has 0 heterocycles. The summed E-state index contributed by atoms with van der Waals surface area (Å²) < 4.78 is 11.8. The molecule has 1 N–H and O–H groups in total. The Bertz CT molecular complexity index is 743. The number of unbranched alkanes of at least 4 members (excludes halogenated alkanes) is 2. The molecule has 0 aliphatic heterocycles. The molecule has 0 unspecified atom stereocenters. The van der Waals surface area contributed by atoms with Crippen molar-refractivity contribution in [2.45, 2.75) is 65.4 Å². The second kappa shape index (κ2) is 10.3. The molecule has 0 aliphatic rings. The maximum atomic E-state index is 13.0. The molecule has 0 bridgehead atoms. The lowest BCUT2D eigenvalue weighted by atomic mass is 9.97. The average Bonchev–Trinajstić information content (AvgIpc) is 2.68. The fourth-order valence-corrected chi connectivity index (χ4v) is 3.17. The van der Waals surface area contributed by atoms with E-state index in [4.69, 9.17) is 9.47 Å². The Kier molecular flexibility index (Phi) is 8.11. The summed E-state index contributed by atoms with van der Waals surface area (Å²) in [6.07, 6.45) is 4.81. The molecule has 0 spiro atoms. The van der Waals surface area contributed by atoms with Crippen LogP contribution in [0.3, 0.4) is 0 Å². The van der Waals surface area contributed by atoms with Crippen molar-refractivity contribution in [3.8, 4) is 5.75 Å². The van der Waals surface area contributed by atoms with Gasteiger partial charge in [0.25, 0.3) is 5.91 Å². The highest BCUT2D eigenvalue weighted by Crippen LogP contribution is 2.33. The van der Waals surface area contributed by atoms with Crippen molar-refractivity contribution >= 4 is 22.4 Å². The van der Waals surface area contributed by atoms with Gasteiger partial charge in [-0.3, -0.25) is 4.79 Å². The molecule has 0 fully saturated rings. The Morgan fingerprint density at radius 3 is 2.37 bits per heavy atom. The van der Waals surface area contributed by atoms with Gasteiger partial charge in [0.05, 0.1) is 6.61 Å². The van der Waals surface area contributed by atoms with Gasteiger partial charge in [-0.15, -0.1) is 0 Å². The topological polar surface area (TPSA) is 47.6 Å². The minimum atomic E-state index is -0.817. The predicted octanol–water partition coefficient (Wildman–Crippen LogP) is 5.94. The van der Waals surface area contributed by atoms with Gasteiger partial charge in [0.1, 0.15) is 11.4 Å². The van der Waals surface area contributed by atoms with Crippen LogP contribution in [0.2, 0.25) is 0 Å². The van der Waals surface area contributed by atoms with Gasteiger partial charge in [-0.1, -0.05) is 57.4 Å². The highest BCUT2D eigenvalue weighted by Gasteiger charge is 2.33. The van der Waals surface area contributed by atoms with E-state index < -0.39 is 5.60 Å². The van der Waals surface area contributed by atoms with Crippen molar-refractivity contribution in [3.05, 3.63) is 36.4 Å². The summed E-state index contributed by atoms with van der Waals surface area (Å²) in [5.74, 6) is 0.762. The third-order valence-corrected chi connectivity index (χ3v) is 4.84. The quantitative estimate of drug-likeness (QED) is 0.497. The van der Waals surface area contributed by atoms with Crippen LogP contribution in [-0.2, 0) is 9.53 Å². The van der Waals surface area contributed by atoms with Gasteiger partial charge < -0.3 is 14.8 Å². The number of anilines is 1. The number of fused-ring (bicyclic) bond motifs is 1. The number of rotatable bonds is 11. The summed E-state index contributed by atoms with van der Waals surface area (Å²) in [5, 5.41) is 5.09. The maximum absolute atomic E-state index is 13.0. The van der Waals surface area contributed by atoms with Gasteiger partial charge >= 0.3 is 0 Å². The highest BCUT2D eigenvalue weighted by molar-refractivity contribution is 6.06. The summed E-state index contributed by atoms with van der Waals surface area (Å²) in [7, 11) is 0. The third kappa shape index (κ3) is 5.46. The summed E-state index contributed by atoms with van der Waals surface area (Å²) >= 11 is 0. The molecule has 0 saturated heterocycles. The highest BCUT2D eigenvalue weighted by atomic mass is 16.5. The molecule has 0 saturated carbocycles. The standard InChI is InChI=1S/C23H33NO3/c1-5-8-16-23(4,27-7-3)22(25)24-20-14-15-21(26-17-9-6-2)19-13-11-10-12-18(19)20/h10-15H,5-9,16-17H2,1-4H3,(H,24,25)/t23-/m1/s1. The van der Waals surface area contributed by atoms with Crippen molar-refractivity contribution in [1.29, 1.82) is 0 Å². The largest absolute Gasteiger partial charge is 0.493 e. The number of carbonyl (C=O) groups is 1. The van der Waals surface area contributed by atoms with Crippen LogP contribution < -0.4 is 10.1 Å². The van der Waals surface area contributed by atoms with Crippen molar-refractivity contribution in [2.75, 3.05) is 18.5 Å². The van der Waals surface area contributed by atoms with Crippen LogP contribution in [0.1, 0.15) is 59.8 Å². The van der Waals surface area contributed by atoms with E-state index in [2.05, 4.69) is 19.2 Å². The lowest BCUT2D eigenvalue weighted by Gasteiger charge is -2.28. The van der Waals surface area contributed by atoms with Crippen molar-refractivity contribution in [1.82, 2.24) is 0 Å². The van der Waals surface area contributed by atoms with Gasteiger partial charge in [-0.05, 0) is 38.8 Å². The van der Waals surface area contributed by atoms with E-state index in [0.717, 1.165) is 47.9 Å². The first-order valence-corrected chi connectivity index (χ1v) is 10.2. The Labute approximate surface area is 163 Å². The van der Waals surface area contributed by atoms with Crippen LogP contribution in [0.5, 0.6) is 5.75 Å². The number of carbonyl (C=O) groups excluding carboxylic acids is 1. The van der Waals surface area contributed by atoms with Crippen molar-refractivity contribution in [3.63, 3.8) is 0 Å². The molecule has 2 aromatic carbocycles. The lowest BCUT2D eigenvalue weighted by Crippen LogP contribution is -2.42. The zero-order valence-electron chi connectivity index (χ0n) is 17.1. The van der Waals surface area contributed by atoms with Gasteiger partial charge in [0.2, 0.25) is 0 Å². The first kappa shape index (κ1) is 21.2. The van der Waals surface area contributed by atoms with E-state index in [0.29, 0.717) is 19.6 Å². The van der Waals surface area contributed by atoms with E-state index in [-0.39, 0.29) is 5.91 Å². The number of benzene rings is 2. The zero-order valence-corrected chi connectivity index (χ0v) is 17.1. The normalized spacial score (nSPS) is 13.3. The molecule has 0 aliphatic carbocycles. The zero-order chi connectivity index (χ0) is 19.7. The molecular formula is C23H33NO3. The molecule has 4 heteroatoms. The molecule has 1 amide bonds. The van der Waals surface area contributed by atoms with E-state index in [9.17, 15) is 4.79 Å². The fourth-order valence-electron chi connectivity index (χ4n) is 3.17. The molecule has 27 heavy (non-hydrogen) atoms. The summed E-state index contributed by atoms with van der Waals surface area (Å²) in [5.41, 5.74) is -0.0248. The van der Waals surface area contributed by atoms with Gasteiger partial charge in [-0.2, -0.15) is 0 Å². The number of hydrogen-bond acceptors (Lipinski definition) is 3. The van der Waals surface area contributed by atoms with Crippen LogP contribution in [0, 0.1) is 0 Å². The minimum Gasteiger partial charge on any atom is -0.493 e. The molecule has 2 rings (SSSR count). The summed E-state index contributed by atoms with van der Waals surface area (Å²) in [4.78, 5) is 13.0. The van der Waals surface area contributed by atoms with E-state index >= 15 is 0 Å². The molecule has 2 aromatic rings. The van der Waals surface area contributed by atoms with Crippen LogP contribution in [0.4, 0.5) is 5.69 Å².